The molecule has 0 fully saturated rings. The maximum Gasteiger partial charge on any atom is 0.408 e. The quantitative estimate of drug-likeness (QED) is 0.190. The third kappa shape index (κ3) is 12.6. The molecule has 0 aromatic heterocycles. The summed E-state index contributed by atoms with van der Waals surface area (Å²) in [6, 6.07) is 0.701. The van der Waals surface area contributed by atoms with Gasteiger partial charge in [0.2, 0.25) is 0 Å². The predicted molar refractivity (Wildman–Crippen MR) is 102 cm³/mol. The van der Waals surface area contributed by atoms with Crippen LogP contribution in [0.15, 0.2) is 5.11 Å². The first-order valence-electron chi connectivity index (χ1n) is 7.98. The number of nitrogens with one attached hydrogen (secondary N) is 1. The molecule has 9 nitrogen and oxygen atoms in total. The zero-order chi connectivity index (χ0) is 20.2. The van der Waals surface area contributed by atoms with Crippen LogP contribution in [0.1, 0.15) is 47.5 Å². The number of nitriles is 1. The number of amides is 1. The normalized spacial score (nSPS) is 13.1. The summed E-state index contributed by atoms with van der Waals surface area (Å²) in [4.78, 5) is 26.8. The van der Waals surface area contributed by atoms with E-state index in [0.29, 0.717) is 11.7 Å². The van der Waals surface area contributed by atoms with Crippen LogP contribution in [0.4, 0.5) is 4.79 Å². The van der Waals surface area contributed by atoms with E-state index in [0.717, 1.165) is 0 Å². The summed E-state index contributed by atoms with van der Waals surface area (Å²) in [5.74, 6) is -0.737. The number of hydrogen-bond donors (Lipinski definition) is 1. The topological polar surface area (TPSA) is 137 Å². The Balaban J connectivity index is 4.92. The minimum absolute atomic E-state index is 0.179. The molecule has 0 saturated heterocycles. The van der Waals surface area contributed by atoms with E-state index in [2.05, 4.69) is 15.3 Å². The fraction of sp³-hybridized carbons (Fsp3) is 0.800. The van der Waals surface area contributed by atoms with Crippen LogP contribution < -0.4 is 5.32 Å². The summed E-state index contributed by atoms with van der Waals surface area (Å²) in [5, 5.41) is 14.6. The fourth-order valence-electron chi connectivity index (χ4n) is 1.57. The summed E-state index contributed by atoms with van der Waals surface area (Å²) in [5.41, 5.74) is 7.96. The van der Waals surface area contributed by atoms with E-state index >= 15 is 0 Å². The maximum atomic E-state index is 12.1. The van der Waals surface area contributed by atoms with E-state index in [1.807, 2.05) is 13.8 Å². The largest absolute Gasteiger partial charge is 0.449 e. The van der Waals surface area contributed by atoms with E-state index in [9.17, 15) is 9.59 Å². The number of hydrogen-bond acceptors (Lipinski definition) is 8. The minimum atomic E-state index is -1.00. The van der Waals surface area contributed by atoms with Crippen molar-refractivity contribution in [3.05, 3.63) is 10.4 Å². The summed E-state index contributed by atoms with van der Waals surface area (Å²) >= 11 is 0. The third-order valence-corrected chi connectivity index (χ3v) is 5.70. The van der Waals surface area contributed by atoms with Gasteiger partial charge in [-0.25, -0.2) is 9.59 Å². The molecule has 0 rings (SSSR count). The fourth-order valence-corrected chi connectivity index (χ4v) is 3.69. The number of alkyl carbamates (subject to hydrolysis) is 1. The molecule has 0 radical (unpaired) electrons. The highest BCUT2D eigenvalue weighted by Crippen LogP contribution is 2.34. The lowest BCUT2D eigenvalue weighted by atomic mass is 10.1. The van der Waals surface area contributed by atoms with Gasteiger partial charge in [0.15, 0.2) is 6.61 Å². The lowest BCUT2D eigenvalue weighted by Gasteiger charge is -2.23. The Labute approximate surface area is 161 Å². The second-order valence-corrected chi connectivity index (χ2v) is 9.47. The van der Waals surface area contributed by atoms with Gasteiger partial charge in [-0.05, 0) is 39.1 Å². The molecular weight excluding hydrogens is 378 g/mol. The van der Waals surface area contributed by atoms with Crippen LogP contribution in [0.2, 0.25) is 0 Å². The van der Waals surface area contributed by atoms with Gasteiger partial charge in [-0.3, -0.25) is 0 Å². The van der Waals surface area contributed by atoms with E-state index < -0.39 is 35.7 Å². The number of carbonyl (C=O) groups is 2. The van der Waals surface area contributed by atoms with Crippen molar-refractivity contribution >= 4 is 33.7 Å². The Morgan fingerprint density at radius 2 is 1.96 bits per heavy atom. The molecule has 0 heterocycles. The molecule has 0 aliphatic carbocycles. The molecule has 0 aromatic rings. The highest BCUT2D eigenvalue weighted by Gasteiger charge is 2.26. The first-order chi connectivity index (χ1) is 12.1. The first kappa shape index (κ1) is 24.2. The Morgan fingerprint density at radius 1 is 1.31 bits per heavy atom. The standard InChI is InChI=1S/C15H25N5O4S2/c1-10(2)25-26-12(19-20-17)7-6-11(13(21)23-9-8-16)18-14(22)24-15(3,4)5/h10-12H,6-7,9H2,1-5H3,(H,18,22)/t11-,12?/m0/s1. The van der Waals surface area contributed by atoms with Crippen LogP contribution in [0, 0.1) is 11.3 Å². The lowest BCUT2D eigenvalue weighted by Crippen LogP contribution is -2.44. The van der Waals surface area contributed by atoms with Gasteiger partial charge < -0.3 is 14.8 Å². The van der Waals surface area contributed by atoms with Gasteiger partial charge in [0, 0.05) is 10.2 Å². The molecular formula is C15H25N5O4S2. The number of esters is 1. The molecule has 2 atom stereocenters. The van der Waals surface area contributed by atoms with Crippen molar-refractivity contribution in [3.8, 4) is 6.07 Å². The van der Waals surface area contributed by atoms with Crippen LogP contribution in [0.5, 0.6) is 0 Å². The number of rotatable bonds is 10. The molecule has 146 valence electrons. The summed E-state index contributed by atoms with van der Waals surface area (Å²) in [6.45, 7) is 8.71. The van der Waals surface area contributed by atoms with Crippen LogP contribution in [0.25, 0.3) is 10.4 Å². The molecule has 0 aliphatic rings. The Bertz CT molecular complexity index is 553. The monoisotopic (exact) mass is 403 g/mol. The number of carbonyl (C=O) groups excluding carboxylic acids is 2. The molecule has 1 unspecified atom stereocenters. The van der Waals surface area contributed by atoms with E-state index in [-0.39, 0.29) is 6.42 Å². The van der Waals surface area contributed by atoms with Crippen LogP contribution in [0.3, 0.4) is 0 Å². The van der Waals surface area contributed by atoms with E-state index in [1.165, 1.54) is 10.8 Å². The van der Waals surface area contributed by atoms with E-state index in [4.69, 9.17) is 20.3 Å². The molecule has 26 heavy (non-hydrogen) atoms. The number of ether oxygens (including phenoxy) is 2. The van der Waals surface area contributed by atoms with Crippen LogP contribution >= 0.6 is 21.6 Å². The van der Waals surface area contributed by atoms with Gasteiger partial charge in [0.1, 0.15) is 17.7 Å². The van der Waals surface area contributed by atoms with E-state index in [1.54, 1.807) is 37.6 Å². The highest BCUT2D eigenvalue weighted by atomic mass is 33.1. The van der Waals surface area contributed by atoms with Crippen LogP contribution in [-0.2, 0) is 14.3 Å². The average Bonchev–Trinajstić information content (AvgIpc) is 2.51. The van der Waals surface area contributed by atoms with Crippen molar-refractivity contribution in [1.82, 2.24) is 5.32 Å². The Morgan fingerprint density at radius 3 is 2.46 bits per heavy atom. The second-order valence-electron chi connectivity index (χ2n) is 6.44. The molecule has 0 bridgehead atoms. The van der Waals surface area contributed by atoms with Gasteiger partial charge in [0.05, 0.1) is 5.37 Å². The Hall–Kier alpha value is -1.76. The molecule has 0 spiro atoms. The van der Waals surface area contributed by atoms with Crippen molar-refractivity contribution in [1.29, 1.82) is 5.26 Å². The smallest absolute Gasteiger partial charge is 0.408 e. The predicted octanol–water partition coefficient (Wildman–Crippen LogP) is 4.15. The molecule has 1 N–H and O–H groups in total. The molecule has 11 heteroatoms. The van der Waals surface area contributed by atoms with Crippen molar-refractivity contribution < 1.29 is 19.1 Å². The van der Waals surface area contributed by atoms with Crippen molar-refractivity contribution in [2.75, 3.05) is 6.61 Å². The summed E-state index contributed by atoms with van der Waals surface area (Å²) in [7, 11) is 2.96. The lowest BCUT2D eigenvalue weighted by molar-refractivity contribution is -0.145. The van der Waals surface area contributed by atoms with Crippen molar-refractivity contribution in [2.45, 2.75) is 69.7 Å². The van der Waals surface area contributed by atoms with Gasteiger partial charge in [-0.1, -0.05) is 40.5 Å². The average molecular weight is 404 g/mol. The maximum absolute atomic E-state index is 12.1. The first-order valence-corrected chi connectivity index (χ1v) is 10.3. The van der Waals surface area contributed by atoms with Gasteiger partial charge in [-0.15, -0.1) is 0 Å². The van der Waals surface area contributed by atoms with Gasteiger partial charge >= 0.3 is 12.1 Å². The third-order valence-electron chi connectivity index (χ3n) is 2.50. The molecule has 1 amide bonds. The van der Waals surface area contributed by atoms with Crippen molar-refractivity contribution in [2.24, 2.45) is 5.11 Å². The Kier molecular flexibility index (Phi) is 11.7. The number of nitrogens with zero attached hydrogens (tertiary/aromatic N) is 4. The summed E-state index contributed by atoms with van der Waals surface area (Å²) < 4.78 is 9.93. The summed E-state index contributed by atoms with van der Waals surface area (Å²) in [6.07, 6.45) is -0.240. The second kappa shape index (κ2) is 12.6. The zero-order valence-corrected chi connectivity index (χ0v) is 17.2. The molecule has 0 saturated carbocycles. The molecule has 0 aliphatic heterocycles. The van der Waals surface area contributed by atoms with Gasteiger partial charge in [-0.2, -0.15) is 5.26 Å². The van der Waals surface area contributed by atoms with Gasteiger partial charge in [0.25, 0.3) is 0 Å². The van der Waals surface area contributed by atoms with Crippen molar-refractivity contribution in [3.63, 3.8) is 0 Å². The number of azide groups is 1. The van der Waals surface area contributed by atoms with Crippen LogP contribution in [-0.4, -0.2) is 40.9 Å². The molecule has 0 aromatic carbocycles. The SMILES string of the molecule is CC(C)SSC(CC[C@H](NC(=O)OC(C)(C)C)C(=O)OCC#N)N=[N+]=[N-]. The zero-order valence-electron chi connectivity index (χ0n) is 15.6. The highest BCUT2D eigenvalue weighted by molar-refractivity contribution is 8.77. The minimum Gasteiger partial charge on any atom is -0.449 e.